The maximum atomic E-state index is 15.4. The molecule has 8 heteroatoms. The van der Waals surface area contributed by atoms with Crippen molar-refractivity contribution < 1.29 is 32.2 Å². The van der Waals surface area contributed by atoms with Crippen LogP contribution in [0.15, 0.2) is 84.9 Å². The van der Waals surface area contributed by atoms with Crippen molar-refractivity contribution in [3.63, 3.8) is 0 Å². The highest BCUT2D eigenvalue weighted by atomic mass is 19.2. The Bertz CT molecular complexity index is 1760. The molecule has 1 fully saturated rings. The van der Waals surface area contributed by atoms with Crippen molar-refractivity contribution in [3.05, 3.63) is 119 Å². The summed E-state index contributed by atoms with van der Waals surface area (Å²) in [6.45, 7) is 1.34. The average Bonchev–Trinajstić information content (AvgIpc) is 3.38. The minimum absolute atomic E-state index is 0.0421. The third-order valence-electron chi connectivity index (χ3n) is 7.66. The van der Waals surface area contributed by atoms with Gasteiger partial charge in [0.2, 0.25) is 0 Å². The molecule has 0 aliphatic carbocycles. The van der Waals surface area contributed by atoms with E-state index in [0.29, 0.717) is 59.5 Å². The highest BCUT2D eigenvalue weighted by Crippen LogP contribution is 2.47. The van der Waals surface area contributed by atoms with Gasteiger partial charge in [0.05, 0.1) is 23.6 Å². The number of methoxy groups -OCH3 is 1. The van der Waals surface area contributed by atoms with Gasteiger partial charge in [-0.3, -0.25) is 0 Å². The lowest BCUT2D eigenvalue weighted by Gasteiger charge is -2.26. The minimum atomic E-state index is -0.973. The van der Waals surface area contributed by atoms with Crippen molar-refractivity contribution in [3.8, 4) is 22.6 Å². The van der Waals surface area contributed by atoms with E-state index in [4.69, 9.17) is 14.2 Å². The van der Waals surface area contributed by atoms with Gasteiger partial charge in [-0.05, 0) is 60.4 Å². The molecular formula is C34H28F3NO4. The van der Waals surface area contributed by atoms with Crippen LogP contribution in [0.25, 0.3) is 27.7 Å². The number of hydrogen-bond donors (Lipinski definition) is 0. The van der Waals surface area contributed by atoms with E-state index in [-0.39, 0.29) is 18.1 Å². The fourth-order valence-corrected chi connectivity index (χ4v) is 5.68. The molecule has 4 aromatic carbocycles. The van der Waals surface area contributed by atoms with Crippen LogP contribution in [-0.2, 0) is 16.1 Å². The summed E-state index contributed by atoms with van der Waals surface area (Å²) >= 11 is 0. The molecule has 5 aromatic rings. The zero-order valence-corrected chi connectivity index (χ0v) is 22.9. The molecule has 0 radical (unpaired) electrons. The molecule has 1 saturated heterocycles. The summed E-state index contributed by atoms with van der Waals surface area (Å²) in [6, 6.07) is 23.5. The number of ether oxygens (including phenoxy) is 3. The third kappa shape index (κ3) is 5.14. The topological polar surface area (TPSA) is 49.7 Å². The molecule has 6 rings (SSSR count). The van der Waals surface area contributed by atoms with Gasteiger partial charge in [0, 0.05) is 42.1 Å². The molecule has 0 N–H and O–H groups in total. The van der Waals surface area contributed by atoms with Crippen molar-refractivity contribution in [1.82, 2.24) is 4.57 Å². The predicted molar refractivity (Wildman–Crippen MR) is 153 cm³/mol. The van der Waals surface area contributed by atoms with E-state index in [1.54, 1.807) is 6.07 Å². The SMILES string of the molecule is COC(=O)c1ccc(-c2c(C3CCOCC3)n(-c3ccc(F)c(F)c3)c3cccc(OCc4ccccc4)c23)cc1F. The first-order valence-electron chi connectivity index (χ1n) is 13.7. The Morgan fingerprint density at radius 3 is 2.38 bits per heavy atom. The van der Waals surface area contributed by atoms with Crippen molar-refractivity contribution in [2.45, 2.75) is 25.4 Å². The maximum Gasteiger partial charge on any atom is 0.340 e. The number of aromatic nitrogens is 1. The second kappa shape index (κ2) is 11.7. The quantitative estimate of drug-likeness (QED) is 0.186. The lowest BCUT2D eigenvalue weighted by molar-refractivity contribution is 0.0595. The number of benzene rings is 4. The average molecular weight is 572 g/mol. The van der Waals surface area contributed by atoms with Gasteiger partial charge in [-0.1, -0.05) is 42.5 Å². The summed E-state index contributed by atoms with van der Waals surface area (Å²) in [5.74, 6) is -2.92. The van der Waals surface area contributed by atoms with Gasteiger partial charge in [-0.15, -0.1) is 0 Å². The van der Waals surface area contributed by atoms with Gasteiger partial charge in [-0.2, -0.15) is 0 Å². The van der Waals surface area contributed by atoms with Gasteiger partial charge in [-0.25, -0.2) is 18.0 Å². The molecule has 0 amide bonds. The van der Waals surface area contributed by atoms with Crippen molar-refractivity contribution >= 4 is 16.9 Å². The number of esters is 1. The Labute approximate surface area is 241 Å². The zero-order chi connectivity index (χ0) is 29.2. The Morgan fingerprint density at radius 2 is 1.67 bits per heavy atom. The van der Waals surface area contributed by atoms with E-state index in [0.717, 1.165) is 17.3 Å². The number of rotatable bonds is 7. The van der Waals surface area contributed by atoms with Crippen LogP contribution in [0.1, 0.15) is 40.4 Å². The first kappa shape index (κ1) is 27.6. The fraction of sp³-hybridized carbons (Fsp3) is 0.206. The van der Waals surface area contributed by atoms with Crippen molar-refractivity contribution in [1.29, 1.82) is 0 Å². The highest BCUT2D eigenvalue weighted by molar-refractivity contribution is 6.04. The first-order valence-corrected chi connectivity index (χ1v) is 13.7. The van der Waals surface area contributed by atoms with Gasteiger partial charge < -0.3 is 18.8 Å². The molecule has 1 aliphatic rings. The Hall–Kier alpha value is -4.56. The zero-order valence-electron chi connectivity index (χ0n) is 22.9. The molecule has 0 bridgehead atoms. The van der Waals surface area contributed by atoms with Crippen molar-refractivity contribution in [2.75, 3.05) is 20.3 Å². The van der Waals surface area contributed by atoms with Gasteiger partial charge in [0.25, 0.3) is 0 Å². The number of nitrogens with zero attached hydrogens (tertiary/aromatic N) is 1. The van der Waals surface area contributed by atoms with E-state index >= 15 is 4.39 Å². The minimum Gasteiger partial charge on any atom is -0.488 e. The van der Waals surface area contributed by atoms with Crippen LogP contribution in [0, 0.1) is 17.5 Å². The summed E-state index contributed by atoms with van der Waals surface area (Å²) in [5.41, 5.74) is 3.93. The fourth-order valence-electron chi connectivity index (χ4n) is 5.68. The smallest absolute Gasteiger partial charge is 0.340 e. The summed E-state index contributed by atoms with van der Waals surface area (Å²) in [6.07, 6.45) is 1.35. The Morgan fingerprint density at radius 1 is 0.881 bits per heavy atom. The monoisotopic (exact) mass is 571 g/mol. The molecule has 42 heavy (non-hydrogen) atoms. The van der Waals surface area contributed by atoms with Gasteiger partial charge >= 0.3 is 5.97 Å². The first-order chi connectivity index (χ1) is 20.5. The van der Waals surface area contributed by atoms with Crippen molar-refractivity contribution in [2.24, 2.45) is 0 Å². The molecule has 5 nitrogen and oxygen atoms in total. The third-order valence-corrected chi connectivity index (χ3v) is 7.66. The normalized spacial score (nSPS) is 13.8. The molecule has 0 atom stereocenters. The second-order valence-electron chi connectivity index (χ2n) is 10.2. The van der Waals surface area contributed by atoms with Crippen LogP contribution in [0.5, 0.6) is 5.75 Å². The standard InChI is InChI=1S/C34H28F3NO4/c1-40-34(39)25-12-10-23(18-27(25)36)31-32-29(8-5-9-30(32)42-20-21-6-3-2-4-7-21)38(24-11-13-26(35)28(37)19-24)33(31)22-14-16-41-17-15-22/h2-13,18-19,22H,14-17,20H2,1H3. The lowest BCUT2D eigenvalue weighted by atomic mass is 9.89. The van der Waals surface area contributed by atoms with E-state index < -0.39 is 23.4 Å². The molecular weight excluding hydrogens is 543 g/mol. The Balaban J connectivity index is 1.65. The molecule has 2 heterocycles. The molecule has 0 saturated carbocycles. The molecule has 0 spiro atoms. The maximum absolute atomic E-state index is 15.4. The number of carbonyl (C=O) groups is 1. The summed E-state index contributed by atoms with van der Waals surface area (Å²) in [7, 11) is 1.20. The van der Waals surface area contributed by atoms with E-state index in [2.05, 4.69) is 0 Å². The number of halogens is 3. The van der Waals surface area contributed by atoms with Gasteiger partial charge in [0.1, 0.15) is 18.2 Å². The second-order valence-corrected chi connectivity index (χ2v) is 10.2. The molecule has 0 unspecified atom stereocenters. The van der Waals surface area contributed by atoms with Crippen LogP contribution in [0.4, 0.5) is 13.2 Å². The van der Waals surface area contributed by atoms with E-state index in [1.165, 1.54) is 31.4 Å². The number of hydrogen-bond acceptors (Lipinski definition) is 4. The van der Waals surface area contributed by atoms with Gasteiger partial charge in [0.15, 0.2) is 11.6 Å². The summed E-state index contributed by atoms with van der Waals surface area (Å²) in [5, 5.41) is 0.699. The van der Waals surface area contributed by atoms with Crippen LogP contribution >= 0.6 is 0 Å². The molecule has 1 aliphatic heterocycles. The number of carbonyl (C=O) groups excluding carboxylic acids is 1. The summed E-state index contributed by atoms with van der Waals surface area (Å²) in [4.78, 5) is 12.2. The van der Waals surface area contributed by atoms with E-state index in [1.807, 2.05) is 53.1 Å². The Kier molecular flexibility index (Phi) is 7.71. The lowest BCUT2D eigenvalue weighted by Crippen LogP contribution is -2.17. The van der Waals surface area contributed by atoms with Crippen LogP contribution in [0.3, 0.4) is 0 Å². The number of fused-ring (bicyclic) bond motifs is 1. The largest absolute Gasteiger partial charge is 0.488 e. The van der Waals surface area contributed by atoms with Crippen LogP contribution < -0.4 is 4.74 Å². The van der Waals surface area contributed by atoms with Crippen LogP contribution in [0.2, 0.25) is 0 Å². The summed E-state index contributed by atoms with van der Waals surface area (Å²) < 4.78 is 62.8. The highest BCUT2D eigenvalue weighted by Gasteiger charge is 2.30. The predicted octanol–water partition coefficient (Wildman–Crippen LogP) is 7.97. The van der Waals surface area contributed by atoms with Crippen LogP contribution in [-0.4, -0.2) is 30.9 Å². The molecule has 1 aromatic heterocycles. The molecule has 214 valence electrons. The van der Waals surface area contributed by atoms with E-state index in [9.17, 15) is 13.6 Å².